The standard InChI is InChI=1S/C42H24Br2N2O4S/c43-35-19-33-34-20-36(44)38(46-42(48)30-12-10-28-14-24-6-2-4-8-26(24)16-32(28)18-30)22-40(34)51(49,50)39(33)21-37(35)45-41(47)29-11-9-27-13-23-5-1-3-7-25(23)15-31(27)17-29/h1-22H,(H,45,47)(H,46,48). The molecule has 51 heavy (non-hydrogen) atoms. The van der Waals surface area contributed by atoms with Gasteiger partial charge >= 0.3 is 0 Å². The van der Waals surface area contributed by atoms with Gasteiger partial charge < -0.3 is 10.6 Å². The van der Waals surface area contributed by atoms with Crippen LogP contribution < -0.4 is 10.6 Å². The fourth-order valence-corrected chi connectivity index (χ4v) is 9.42. The van der Waals surface area contributed by atoms with E-state index < -0.39 is 9.84 Å². The Hall–Kier alpha value is -5.35. The van der Waals surface area contributed by atoms with Gasteiger partial charge in [0.15, 0.2) is 0 Å². The molecule has 6 nitrogen and oxygen atoms in total. The van der Waals surface area contributed by atoms with Gasteiger partial charge in [0.05, 0.1) is 21.2 Å². The zero-order valence-electron chi connectivity index (χ0n) is 26.5. The van der Waals surface area contributed by atoms with Crippen LogP contribution in [0.3, 0.4) is 0 Å². The monoisotopic (exact) mass is 810 g/mol. The Kier molecular flexibility index (Phi) is 7.36. The van der Waals surface area contributed by atoms with Crippen molar-refractivity contribution < 1.29 is 18.0 Å². The summed E-state index contributed by atoms with van der Waals surface area (Å²) in [6.45, 7) is 0. The summed E-state index contributed by atoms with van der Waals surface area (Å²) in [7, 11) is -3.99. The normalized spacial score (nSPS) is 13.0. The lowest BCUT2D eigenvalue weighted by atomic mass is 10.0. The van der Waals surface area contributed by atoms with E-state index in [-0.39, 0.29) is 21.6 Å². The van der Waals surface area contributed by atoms with Gasteiger partial charge in [-0.1, -0.05) is 60.7 Å². The third-order valence-electron chi connectivity index (χ3n) is 9.44. The number of carbonyl (C=O) groups is 2. The molecule has 0 unspecified atom stereocenters. The van der Waals surface area contributed by atoms with Crippen LogP contribution in [-0.2, 0) is 9.84 Å². The van der Waals surface area contributed by atoms with Crippen LogP contribution in [0, 0.1) is 0 Å². The van der Waals surface area contributed by atoms with Gasteiger partial charge in [0, 0.05) is 31.2 Å². The van der Waals surface area contributed by atoms with Gasteiger partial charge in [-0.05, 0) is 148 Å². The first-order valence-electron chi connectivity index (χ1n) is 16.0. The molecule has 0 radical (unpaired) electrons. The minimum atomic E-state index is -3.99. The van der Waals surface area contributed by atoms with Gasteiger partial charge in [0.1, 0.15) is 0 Å². The Morgan fingerprint density at radius 3 is 1.18 bits per heavy atom. The molecule has 1 heterocycles. The van der Waals surface area contributed by atoms with E-state index >= 15 is 0 Å². The summed E-state index contributed by atoms with van der Waals surface area (Å²) in [6.07, 6.45) is 0. The van der Waals surface area contributed by atoms with Crippen LogP contribution in [0.25, 0.3) is 54.2 Å². The predicted octanol–water partition coefficient (Wildman–Crippen LogP) is 11.1. The van der Waals surface area contributed by atoms with Crippen LogP contribution in [0.5, 0.6) is 0 Å². The van der Waals surface area contributed by atoms with Gasteiger partial charge in [0.2, 0.25) is 9.84 Å². The van der Waals surface area contributed by atoms with E-state index in [1.165, 1.54) is 12.1 Å². The molecular formula is C42H24Br2N2O4S. The van der Waals surface area contributed by atoms with Crippen molar-refractivity contribution in [3.05, 3.63) is 154 Å². The van der Waals surface area contributed by atoms with Crippen LogP contribution in [0.2, 0.25) is 0 Å². The molecular weight excluding hydrogens is 788 g/mol. The number of benzene rings is 8. The van der Waals surface area contributed by atoms with Gasteiger partial charge in [-0.15, -0.1) is 0 Å². The van der Waals surface area contributed by atoms with Gasteiger partial charge in [-0.2, -0.15) is 0 Å². The fraction of sp³-hybridized carbons (Fsp3) is 0. The summed E-state index contributed by atoms with van der Waals surface area (Å²) in [5.74, 6) is -0.735. The molecule has 9 heteroatoms. The van der Waals surface area contributed by atoms with Crippen molar-refractivity contribution in [3.63, 3.8) is 0 Å². The van der Waals surface area contributed by atoms with Crippen molar-refractivity contribution in [3.8, 4) is 11.1 Å². The number of carbonyl (C=O) groups excluding carboxylic acids is 2. The van der Waals surface area contributed by atoms with Crippen LogP contribution in [0.4, 0.5) is 11.4 Å². The van der Waals surface area contributed by atoms with E-state index in [0.29, 0.717) is 42.6 Å². The largest absolute Gasteiger partial charge is 0.321 e. The van der Waals surface area contributed by atoms with Gasteiger partial charge in [0.25, 0.3) is 11.8 Å². The number of sulfone groups is 1. The highest BCUT2D eigenvalue weighted by molar-refractivity contribution is 9.11. The molecule has 2 N–H and O–H groups in total. The SMILES string of the molecule is O=C(Nc1cc2c(cc1Br)-c1cc(Br)c(NC(=O)c3ccc4cc5ccccc5cc4c3)cc1S2(=O)=O)c1ccc2cc3ccccc3cc2c1. The topological polar surface area (TPSA) is 92.3 Å². The summed E-state index contributed by atoms with van der Waals surface area (Å²) in [5, 5.41) is 14.1. The molecule has 0 aliphatic carbocycles. The highest BCUT2D eigenvalue weighted by Crippen LogP contribution is 2.49. The van der Waals surface area contributed by atoms with Gasteiger partial charge in [-0.25, -0.2) is 8.42 Å². The van der Waals surface area contributed by atoms with Crippen molar-refractivity contribution in [2.75, 3.05) is 10.6 Å². The molecule has 0 fully saturated rings. The third-order valence-corrected chi connectivity index (χ3v) is 12.6. The quantitative estimate of drug-likeness (QED) is 0.173. The Morgan fingerprint density at radius 1 is 0.431 bits per heavy atom. The number of halogens is 2. The molecule has 0 spiro atoms. The molecule has 2 amide bonds. The lowest BCUT2D eigenvalue weighted by molar-refractivity contribution is 0.101. The molecule has 8 aromatic carbocycles. The number of amides is 2. The molecule has 0 bridgehead atoms. The van der Waals surface area contributed by atoms with Crippen molar-refractivity contribution in [2.24, 2.45) is 0 Å². The van der Waals surface area contributed by atoms with E-state index in [9.17, 15) is 18.0 Å². The predicted molar refractivity (Wildman–Crippen MR) is 212 cm³/mol. The Bertz CT molecular complexity index is 2770. The smallest absolute Gasteiger partial charge is 0.255 e. The van der Waals surface area contributed by atoms with Crippen molar-refractivity contribution >= 4 is 108 Å². The number of rotatable bonds is 4. The third kappa shape index (κ3) is 5.40. The molecule has 1 aliphatic heterocycles. The first-order valence-corrected chi connectivity index (χ1v) is 19.1. The molecule has 1 aliphatic rings. The molecule has 8 aromatic rings. The Morgan fingerprint density at radius 2 is 0.784 bits per heavy atom. The van der Waals surface area contributed by atoms with E-state index in [4.69, 9.17) is 0 Å². The molecule has 246 valence electrons. The van der Waals surface area contributed by atoms with Crippen LogP contribution in [0.1, 0.15) is 20.7 Å². The lowest BCUT2D eigenvalue weighted by Crippen LogP contribution is -2.13. The van der Waals surface area contributed by atoms with Crippen molar-refractivity contribution in [1.29, 1.82) is 0 Å². The number of anilines is 2. The summed E-state index contributed by atoms with van der Waals surface area (Å²) in [4.78, 5) is 27.1. The minimum Gasteiger partial charge on any atom is -0.321 e. The zero-order chi connectivity index (χ0) is 35.0. The summed E-state index contributed by atoms with van der Waals surface area (Å²) in [5.41, 5.74) is 2.53. The number of hydrogen-bond acceptors (Lipinski definition) is 4. The average Bonchev–Trinajstić information content (AvgIpc) is 3.33. The van der Waals surface area contributed by atoms with E-state index in [2.05, 4.69) is 78.9 Å². The summed E-state index contributed by atoms with van der Waals surface area (Å²) >= 11 is 7.10. The van der Waals surface area contributed by atoms with E-state index in [1.807, 2.05) is 60.7 Å². The average molecular weight is 813 g/mol. The second-order valence-electron chi connectivity index (χ2n) is 12.6. The molecule has 0 atom stereocenters. The first kappa shape index (κ1) is 31.6. The number of fused-ring (bicyclic) bond motifs is 7. The van der Waals surface area contributed by atoms with Crippen LogP contribution >= 0.6 is 31.9 Å². The fourth-order valence-electron chi connectivity index (χ4n) is 6.83. The number of nitrogens with one attached hydrogen (secondary N) is 2. The maximum absolute atomic E-state index is 14.0. The molecule has 0 saturated heterocycles. The van der Waals surface area contributed by atoms with Crippen LogP contribution in [0.15, 0.2) is 152 Å². The molecule has 9 rings (SSSR count). The second kappa shape index (κ2) is 11.9. The number of hydrogen-bond donors (Lipinski definition) is 2. The van der Waals surface area contributed by atoms with E-state index in [1.54, 1.807) is 24.3 Å². The second-order valence-corrected chi connectivity index (χ2v) is 16.2. The highest BCUT2D eigenvalue weighted by Gasteiger charge is 2.35. The first-order chi connectivity index (χ1) is 24.6. The van der Waals surface area contributed by atoms with Crippen LogP contribution in [-0.4, -0.2) is 20.2 Å². The summed E-state index contributed by atoms with van der Waals surface area (Å²) < 4.78 is 29.0. The van der Waals surface area contributed by atoms with E-state index in [0.717, 1.165) is 43.1 Å². The lowest BCUT2D eigenvalue weighted by Gasteiger charge is -2.11. The zero-order valence-corrected chi connectivity index (χ0v) is 30.5. The van der Waals surface area contributed by atoms with Crippen molar-refractivity contribution in [1.82, 2.24) is 0 Å². The van der Waals surface area contributed by atoms with Crippen molar-refractivity contribution in [2.45, 2.75) is 9.79 Å². The maximum atomic E-state index is 14.0. The maximum Gasteiger partial charge on any atom is 0.255 e. The molecule has 0 aromatic heterocycles. The Balaban J connectivity index is 1.00. The minimum absolute atomic E-state index is 0.0677. The van der Waals surface area contributed by atoms with Gasteiger partial charge in [-0.3, -0.25) is 9.59 Å². The summed E-state index contributed by atoms with van der Waals surface area (Å²) in [6, 6.07) is 41.7. The Labute approximate surface area is 309 Å². The highest BCUT2D eigenvalue weighted by atomic mass is 79.9. The molecule has 0 saturated carbocycles.